The van der Waals surface area contributed by atoms with Crippen molar-refractivity contribution in [1.29, 1.82) is 0 Å². The van der Waals surface area contributed by atoms with Crippen LogP contribution < -0.4 is 21.3 Å². The van der Waals surface area contributed by atoms with Crippen molar-refractivity contribution in [3.05, 3.63) is 108 Å². The molecule has 0 radical (unpaired) electrons. The largest absolute Gasteiger partial charge is 0.368 e. The zero-order chi connectivity index (χ0) is 26.6. The molecule has 8 heteroatoms. The molecule has 0 saturated heterocycles. The topological polar surface area (TPSA) is 108 Å². The Morgan fingerprint density at radius 2 is 1.13 bits per heavy atom. The van der Waals surface area contributed by atoms with Gasteiger partial charge in [0.25, 0.3) is 0 Å². The lowest BCUT2D eigenvalue weighted by atomic mass is 9.90. The van der Waals surface area contributed by atoms with Gasteiger partial charge in [-0.15, -0.1) is 0 Å². The highest BCUT2D eigenvalue weighted by molar-refractivity contribution is 5.87. The van der Waals surface area contributed by atoms with E-state index >= 15 is 0 Å². The molecule has 0 atom stereocenters. The molecule has 38 heavy (non-hydrogen) atoms. The molecule has 0 spiro atoms. The summed E-state index contributed by atoms with van der Waals surface area (Å²) in [5, 5.41) is 12.4. The van der Waals surface area contributed by atoms with Crippen molar-refractivity contribution in [2.24, 2.45) is 0 Å². The third kappa shape index (κ3) is 7.64. The predicted octanol–water partition coefficient (Wildman–Crippen LogP) is 4.05. The van der Waals surface area contributed by atoms with Gasteiger partial charge in [-0.05, 0) is 11.1 Å². The van der Waals surface area contributed by atoms with Gasteiger partial charge in [-0.2, -0.15) is 0 Å². The number of aromatic nitrogens is 2. The maximum absolute atomic E-state index is 13.2. The van der Waals surface area contributed by atoms with Crippen LogP contribution in [0.3, 0.4) is 0 Å². The SMILES string of the molecule is CC(=O)NCCNc1cc(NCCNC(=O)C(c2ccccc2)c2ccccc2)nc(-c2ccccc2)n1. The first kappa shape index (κ1) is 26.3. The maximum Gasteiger partial charge on any atom is 0.232 e. The van der Waals surface area contributed by atoms with Crippen molar-refractivity contribution >= 4 is 23.5 Å². The standard InChI is InChI=1S/C30H32N6O2/c1-22(37)31-17-18-32-26-21-27(36-29(35-26)25-15-9-4-10-16-25)33-19-20-34-30(38)28(23-11-5-2-6-12-23)24-13-7-3-8-14-24/h2-16,21,28H,17-20H2,1H3,(H,31,37)(H,34,38)(H2,32,33,35,36). The van der Waals surface area contributed by atoms with E-state index in [0.29, 0.717) is 43.6 Å². The Bertz CT molecular complexity index is 1280. The second-order valence-electron chi connectivity index (χ2n) is 8.71. The van der Waals surface area contributed by atoms with Crippen molar-refractivity contribution in [2.45, 2.75) is 12.8 Å². The molecule has 0 aliphatic rings. The molecule has 1 heterocycles. The van der Waals surface area contributed by atoms with E-state index in [-0.39, 0.29) is 17.7 Å². The summed E-state index contributed by atoms with van der Waals surface area (Å²) in [4.78, 5) is 33.7. The van der Waals surface area contributed by atoms with Gasteiger partial charge in [0.1, 0.15) is 11.6 Å². The van der Waals surface area contributed by atoms with Crippen LogP contribution in [0.25, 0.3) is 11.4 Å². The number of benzene rings is 3. The van der Waals surface area contributed by atoms with Gasteiger partial charge in [0, 0.05) is 44.7 Å². The lowest BCUT2D eigenvalue weighted by molar-refractivity contribution is -0.121. The number of anilines is 2. The van der Waals surface area contributed by atoms with E-state index in [1.165, 1.54) is 6.92 Å². The summed E-state index contributed by atoms with van der Waals surface area (Å²) in [6.45, 7) is 3.41. The summed E-state index contributed by atoms with van der Waals surface area (Å²) in [7, 11) is 0. The zero-order valence-electron chi connectivity index (χ0n) is 21.4. The highest BCUT2D eigenvalue weighted by Crippen LogP contribution is 2.25. The molecule has 0 aliphatic carbocycles. The number of carbonyl (C=O) groups excluding carboxylic acids is 2. The van der Waals surface area contributed by atoms with Crippen molar-refractivity contribution in [3.8, 4) is 11.4 Å². The number of carbonyl (C=O) groups is 2. The summed E-state index contributed by atoms with van der Waals surface area (Å²) < 4.78 is 0. The molecular weight excluding hydrogens is 476 g/mol. The highest BCUT2D eigenvalue weighted by atomic mass is 16.2. The van der Waals surface area contributed by atoms with Gasteiger partial charge in [0.15, 0.2) is 5.82 Å². The van der Waals surface area contributed by atoms with Gasteiger partial charge < -0.3 is 21.3 Å². The lowest BCUT2D eigenvalue weighted by Crippen LogP contribution is -2.33. The average Bonchev–Trinajstić information content (AvgIpc) is 2.95. The molecule has 0 aliphatic heterocycles. The average molecular weight is 509 g/mol. The second-order valence-corrected chi connectivity index (χ2v) is 8.71. The summed E-state index contributed by atoms with van der Waals surface area (Å²) >= 11 is 0. The monoisotopic (exact) mass is 508 g/mol. The van der Waals surface area contributed by atoms with Gasteiger partial charge in [-0.1, -0.05) is 91.0 Å². The van der Waals surface area contributed by atoms with Crippen LogP contribution in [0, 0.1) is 0 Å². The molecule has 0 saturated carbocycles. The molecule has 0 fully saturated rings. The minimum atomic E-state index is -0.388. The molecule has 194 valence electrons. The minimum absolute atomic E-state index is 0.0582. The third-order valence-corrected chi connectivity index (χ3v) is 5.82. The molecule has 4 aromatic rings. The zero-order valence-corrected chi connectivity index (χ0v) is 21.4. The molecule has 4 rings (SSSR count). The van der Waals surface area contributed by atoms with Crippen molar-refractivity contribution in [2.75, 3.05) is 36.8 Å². The fraction of sp³-hybridized carbons (Fsp3) is 0.200. The lowest BCUT2D eigenvalue weighted by Gasteiger charge is -2.18. The van der Waals surface area contributed by atoms with Crippen LogP contribution in [0.2, 0.25) is 0 Å². The minimum Gasteiger partial charge on any atom is -0.368 e. The van der Waals surface area contributed by atoms with Crippen LogP contribution in [0.1, 0.15) is 24.0 Å². The Kier molecular flexibility index (Phi) is 9.39. The van der Waals surface area contributed by atoms with Crippen molar-refractivity contribution in [3.63, 3.8) is 0 Å². The Hall–Kier alpha value is -4.72. The molecular formula is C30H32N6O2. The second kappa shape index (κ2) is 13.5. The Labute approximate surface area is 222 Å². The summed E-state index contributed by atoms with van der Waals surface area (Å²) in [6.07, 6.45) is 0. The molecule has 8 nitrogen and oxygen atoms in total. The van der Waals surface area contributed by atoms with Crippen LogP contribution in [-0.2, 0) is 9.59 Å². The van der Waals surface area contributed by atoms with Gasteiger partial charge in [-0.3, -0.25) is 9.59 Å². The van der Waals surface area contributed by atoms with Crippen molar-refractivity contribution < 1.29 is 9.59 Å². The molecule has 1 aromatic heterocycles. The summed E-state index contributed by atoms with van der Waals surface area (Å²) in [6, 6.07) is 31.1. The van der Waals surface area contributed by atoms with Gasteiger partial charge in [0.05, 0.1) is 5.92 Å². The van der Waals surface area contributed by atoms with Gasteiger partial charge in [-0.25, -0.2) is 9.97 Å². The van der Waals surface area contributed by atoms with E-state index in [0.717, 1.165) is 16.7 Å². The Morgan fingerprint density at radius 1 is 0.658 bits per heavy atom. The first-order chi connectivity index (χ1) is 18.6. The number of nitrogens with zero attached hydrogens (tertiary/aromatic N) is 2. The normalized spacial score (nSPS) is 10.6. The van der Waals surface area contributed by atoms with Crippen LogP contribution in [-0.4, -0.2) is 48.0 Å². The van der Waals surface area contributed by atoms with E-state index in [1.54, 1.807) is 0 Å². The summed E-state index contributed by atoms with van der Waals surface area (Å²) in [5.41, 5.74) is 2.79. The highest BCUT2D eigenvalue weighted by Gasteiger charge is 2.22. The van der Waals surface area contributed by atoms with E-state index in [4.69, 9.17) is 0 Å². The van der Waals surface area contributed by atoms with E-state index in [9.17, 15) is 9.59 Å². The first-order valence-electron chi connectivity index (χ1n) is 12.6. The maximum atomic E-state index is 13.2. The number of rotatable bonds is 12. The van der Waals surface area contributed by atoms with Crippen LogP contribution in [0.15, 0.2) is 97.1 Å². The number of hydrogen-bond donors (Lipinski definition) is 4. The molecule has 3 aromatic carbocycles. The molecule has 2 amide bonds. The number of hydrogen-bond acceptors (Lipinski definition) is 6. The fourth-order valence-corrected chi connectivity index (χ4v) is 4.04. The smallest absolute Gasteiger partial charge is 0.232 e. The van der Waals surface area contributed by atoms with Crippen LogP contribution in [0.4, 0.5) is 11.6 Å². The Balaban J connectivity index is 1.41. The van der Waals surface area contributed by atoms with E-state index in [2.05, 4.69) is 31.2 Å². The quantitative estimate of drug-likeness (QED) is 0.215. The number of amides is 2. The molecule has 0 unspecified atom stereocenters. The third-order valence-electron chi connectivity index (χ3n) is 5.82. The van der Waals surface area contributed by atoms with Crippen LogP contribution in [0.5, 0.6) is 0 Å². The van der Waals surface area contributed by atoms with Gasteiger partial charge >= 0.3 is 0 Å². The van der Waals surface area contributed by atoms with Crippen molar-refractivity contribution in [1.82, 2.24) is 20.6 Å². The van der Waals surface area contributed by atoms with Crippen LogP contribution >= 0.6 is 0 Å². The molecule has 4 N–H and O–H groups in total. The van der Waals surface area contributed by atoms with E-state index in [1.807, 2.05) is 97.1 Å². The fourth-order valence-electron chi connectivity index (χ4n) is 4.04. The van der Waals surface area contributed by atoms with Gasteiger partial charge in [0.2, 0.25) is 11.8 Å². The molecule has 0 bridgehead atoms. The Morgan fingerprint density at radius 3 is 1.63 bits per heavy atom. The first-order valence-corrected chi connectivity index (χ1v) is 12.6. The summed E-state index contributed by atoms with van der Waals surface area (Å²) in [5.74, 6) is 1.33. The predicted molar refractivity (Wildman–Crippen MR) is 151 cm³/mol. The van der Waals surface area contributed by atoms with E-state index < -0.39 is 0 Å². The number of nitrogens with one attached hydrogen (secondary N) is 4.